The summed E-state index contributed by atoms with van der Waals surface area (Å²) < 4.78 is 6.14. The molecule has 1 aromatic carbocycles. The van der Waals surface area contributed by atoms with Gasteiger partial charge in [0, 0.05) is 30.1 Å². The fourth-order valence-corrected chi connectivity index (χ4v) is 8.70. The molecule has 4 bridgehead atoms. The van der Waals surface area contributed by atoms with E-state index in [-0.39, 0.29) is 42.6 Å². The molecule has 2 atom stereocenters. The van der Waals surface area contributed by atoms with Crippen molar-refractivity contribution in [3.63, 3.8) is 0 Å². The Morgan fingerprint density at radius 1 is 0.947 bits per heavy atom. The highest BCUT2D eigenvalue weighted by atomic mass is 16.5. The Kier molecular flexibility index (Phi) is 7.33. The molecule has 2 unspecified atom stereocenters. The second-order valence-corrected chi connectivity index (χ2v) is 13.2. The van der Waals surface area contributed by atoms with Crippen LogP contribution in [-0.4, -0.2) is 47.3 Å². The van der Waals surface area contributed by atoms with Crippen LogP contribution in [0.5, 0.6) is 5.75 Å². The van der Waals surface area contributed by atoms with Crippen molar-refractivity contribution < 1.29 is 24.3 Å². The topological polar surface area (TPSA) is 129 Å². The van der Waals surface area contributed by atoms with Crippen molar-refractivity contribution in [2.75, 3.05) is 6.54 Å². The van der Waals surface area contributed by atoms with E-state index in [9.17, 15) is 14.4 Å². The highest BCUT2D eigenvalue weighted by molar-refractivity contribution is 5.94. The Morgan fingerprint density at radius 2 is 1.61 bits per heavy atom. The summed E-state index contributed by atoms with van der Waals surface area (Å²) in [7, 11) is 0. The first-order valence-electron chi connectivity index (χ1n) is 14.1. The number of hydroxylamine groups is 1. The molecule has 0 spiro atoms. The van der Waals surface area contributed by atoms with Crippen molar-refractivity contribution in [1.29, 1.82) is 0 Å². The minimum Gasteiger partial charge on any atom is -0.490 e. The number of rotatable bonds is 8. The smallest absolute Gasteiger partial charge is 0.315 e. The van der Waals surface area contributed by atoms with Crippen molar-refractivity contribution in [2.45, 2.75) is 102 Å². The van der Waals surface area contributed by atoms with Crippen molar-refractivity contribution in [2.24, 2.45) is 16.7 Å². The van der Waals surface area contributed by atoms with E-state index in [4.69, 9.17) is 9.94 Å². The standard InChI is InChI=1S/C29H42N4O5/c1-27-13-19-14-28(2,16-27)18-29(15-19,17-27)32-26(36)31-21-5-9-23(10-6-21)38-22-7-3-20(4-8-22)25(35)30-12-11-24(34)33-37/h3-4,7-8,19,21,23,37H,5-6,9-18H2,1-2H3,(H,30,35)(H,33,34)(H2,31,32,36). The summed E-state index contributed by atoms with van der Waals surface area (Å²) in [5, 5.41) is 17.9. The van der Waals surface area contributed by atoms with Crippen LogP contribution >= 0.6 is 0 Å². The van der Waals surface area contributed by atoms with Crippen LogP contribution in [0.4, 0.5) is 4.79 Å². The summed E-state index contributed by atoms with van der Waals surface area (Å²) in [5.74, 6) is 0.617. The van der Waals surface area contributed by atoms with E-state index < -0.39 is 5.91 Å². The molecule has 38 heavy (non-hydrogen) atoms. The first kappa shape index (κ1) is 26.8. The molecule has 5 saturated carbocycles. The summed E-state index contributed by atoms with van der Waals surface area (Å²) in [6, 6.07) is 7.10. The Labute approximate surface area is 224 Å². The summed E-state index contributed by atoms with van der Waals surface area (Å²) >= 11 is 0. The Hall–Kier alpha value is -2.81. The average Bonchev–Trinajstić information content (AvgIpc) is 2.83. The fraction of sp³-hybridized carbons (Fsp3) is 0.690. The summed E-state index contributed by atoms with van der Waals surface area (Å²) in [6.07, 6.45) is 10.9. The van der Waals surface area contributed by atoms with Crippen LogP contribution in [-0.2, 0) is 4.79 Å². The van der Waals surface area contributed by atoms with Crippen LogP contribution in [0.25, 0.3) is 0 Å². The SMILES string of the molecule is CC12CC3CC(C)(C1)CC(NC(=O)NC1CCC(Oc4ccc(C(=O)NCCC(=O)NO)cc4)CC1)(C3)C2. The van der Waals surface area contributed by atoms with Crippen LogP contribution in [0.3, 0.4) is 0 Å². The molecule has 0 aromatic heterocycles. The summed E-state index contributed by atoms with van der Waals surface area (Å²) in [4.78, 5) is 36.3. The van der Waals surface area contributed by atoms with Gasteiger partial charge >= 0.3 is 6.03 Å². The van der Waals surface area contributed by atoms with Crippen LogP contribution in [0.2, 0.25) is 0 Å². The summed E-state index contributed by atoms with van der Waals surface area (Å²) in [6.45, 7) is 4.99. The minimum absolute atomic E-state index is 0.00282. The predicted octanol–water partition coefficient (Wildman–Crippen LogP) is 4.05. The van der Waals surface area contributed by atoms with Gasteiger partial charge in [-0.2, -0.15) is 0 Å². The van der Waals surface area contributed by atoms with Crippen molar-refractivity contribution in [3.05, 3.63) is 29.8 Å². The van der Waals surface area contributed by atoms with E-state index in [2.05, 4.69) is 29.8 Å². The molecule has 5 fully saturated rings. The molecule has 5 aliphatic carbocycles. The van der Waals surface area contributed by atoms with Gasteiger partial charge in [-0.1, -0.05) is 13.8 Å². The first-order chi connectivity index (χ1) is 18.1. The Balaban J connectivity index is 1.04. The number of amides is 4. The second-order valence-electron chi connectivity index (χ2n) is 13.2. The highest BCUT2D eigenvalue weighted by Gasteiger charge is 2.60. The van der Waals surface area contributed by atoms with Gasteiger partial charge in [-0.15, -0.1) is 0 Å². The van der Waals surface area contributed by atoms with Crippen LogP contribution in [0.1, 0.15) is 94.8 Å². The molecule has 0 saturated heterocycles. The van der Waals surface area contributed by atoms with Crippen molar-refractivity contribution in [1.82, 2.24) is 21.4 Å². The maximum Gasteiger partial charge on any atom is 0.315 e. The lowest BCUT2D eigenvalue weighted by Crippen LogP contribution is -2.66. The van der Waals surface area contributed by atoms with E-state index in [1.54, 1.807) is 24.3 Å². The van der Waals surface area contributed by atoms with Crippen molar-refractivity contribution in [3.8, 4) is 5.75 Å². The van der Waals surface area contributed by atoms with E-state index in [0.29, 0.717) is 22.1 Å². The largest absolute Gasteiger partial charge is 0.490 e. The zero-order valence-electron chi connectivity index (χ0n) is 22.6. The quantitative estimate of drug-likeness (QED) is 0.258. The molecule has 0 radical (unpaired) electrons. The van der Waals surface area contributed by atoms with E-state index in [1.165, 1.54) is 24.7 Å². The van der Waals surface area contributed by atoms with Crippen LogP contribution in [0, 0.1) is 16.7 Å². The monoisotopic (exact) mass is 526 g/mol. The van der Waals surface area contributed by atoms with Gasteiger partial charge in [0.1, 0.15) is 5.75 Å². The number of carbonyl (C=O) groups excluding carboxylic acids is 3. The van der Waals surface area contributed by atoms with Crippen LogP contribution in [0.15, 0.2) is 24.3 Å². The number of hydrogen-bond donors (Lipinski definition) is 5. The molecule has 0 aliphatic heterocycles. The molecule has 208 valence electrons. The second kappa shape index (κ2) is 10.4. The van der Waals surface area contributed by atoms with E-state index in [0.717, 1.165) is 50.9 Å². The average molecular weight is 527 g/mol. The minimum atomic E-state index is -0.550. The zero-order valence-corrected chi connectivity index (χ0v) is 22.6. The summed E-state index contributed by atoms with van der Waals surface area (Å²) in [5.41, 5.74) is 2.72. The fourth-order valence-electron chi connectivity index (χ4n) is 8.70. The zero-order chi connectivity index (χ0) is 27.0. The molecular formula is C29H42N4O5. The number of carbonyl (C=O) groups is 3. The van der Waals surface area contributed by atoms with Gasteiger partial charge in [0.05, 0.1) is 6.10 Å². The molecule has 6 rings (SSSR count). The number of hydrogen-bond acceptors (Lipinski definition) is 5. The highest BCUT2D eigenvalue weighted by Crippen LogP contribution is 2.66. The molecule has 5 aliphatic rings. The van der Waals surface area contributed by atoms with Gasteiger partial charge in [-0.05, 0) is 105 Å². The maximum absolute atomic E-state index is 13.1. The van der Waals surface area contributed by atoms with Gasteiger partial charge in [-0.25, -0.2) is 10.3 Å². The third kappa shape index (κ3) is 6.08. The predicted molar refractivity (Wildman–Crippen MR) is 142 cm³/mol. The number of ether oxygens (including phenoxy) is 1. The molecule has 4 amide bonds. The Bertz CT molecular complexity index is 1030. The molecule has 1 aromatic rings. The van der Waals surface area contributed by atoms with Gasteiger partial charge in [0.25, 0.3) is 5.91 Å². The third-order valence-electron chi connectivity index (χ3n) is 9.20. The van der Waals surface area contributed by atoms with Gasteiger partial charge in [0.2, 0.25) is 5.91 Å². The van der Waals surface area contributed by atoms with Crippen LogP contribution < -0.4 is 26.2 Å². The molecular weight excluding hydrogens is 484 g/mol. The number of urea groups is 1. The number of nitrogens with one attached hydrogen (secondary N) is 4. The number of benzene rings is 1. The van der Waals surface area contributed by atoms with Gasteiger partial charge < -0.3 is 20.7 Å². The lowest BCUT2D eigenvalue weighted by molar-refractivity contribution is -0.129. The molecule has 0 heterocycles. The lowest BCUT2D eigenvalue weighted by atomic mass is 9.43. The molecule has 9 heteroatoms. The van der Waals surface area contributed by atoms with Gasteiger partial charge in [0.15, 0.2) is 0 Å². The molecule has 9 nitrogen and oxygen atoms in total. The maximum atomic E-state index is 13.1. The van der Waals surface area contributed by atoms with E-state index >= 15 is 0 Å². The normalized spacial score (nSPS) is 35.3. The van der Waals surface area contributed by atoms with Gasteiger partial charge in [-0.3, -0.25) is 14.8 Å². The molecule has 5 N–H and O–H groups in total. The lowest BCUT2D eigenvalue weighted by Gasteiger charge is -2.65. The first-order valence-corrected chi connectivity index (χ1v) is 14.1. The van der Waals surface area contributed by atoms with E-state index in [1.807, 2.05) is 0 Å². The third-order valence-corrected chi connectivity index (χ3v) is 9.20. The van der Waals surface area contributed by atoms with Crippen molar-refractivity contribution >= 4 is 17.8 Å². The Morgan fingerprint density at radius 3 is 2.21 bits per heavy atom.